The normalized spacial score (nSPS) is 22.0. The summed E-state index contributed by atoms with van der Waals surface area (Å²) in [5.41, 5.74) is -0.427. The molecule has 1 N–H and O–H groups in total. The molecule has 0 amide bonds. The first-order chi connectivity index (χ1) is 10.7. The molecule has 3 nitrogen and oxygen atoms in total. The molecule has 122 valence electrons. The van der Waals surface area contributed by atoms with E-state index in [1.165, 1.54) is 0 Å². The molecule has 1 unspecified atom stereocenters. The van der Waals surface area contributed by atoms with E-state index in [2.05, 4.69) is 0 Å². The Bertz CT molecular complexity index is 808. The Labute approximate surface area is 134 Å². The fourth-order valence-corrected chi connectivity index (χ4v) is 3.76. The summed E-state index contributed by atoms with van der Waals surface area (Å²) in [6, 6.07) is 4.57. The molecule has 0 aliphatic carbocycles. The second-order valence-corrected chi connectivity index (χ2v) is 6.63. The SMILES string of the molecule is O=S1c2ccc(Oc3cc(F)cc(F)c3)c(Cl)c2[C@@H](O)C1(F)F. The fourth-order valence-electron chi connectivity index (χ4n) is 2.18. The summed E-state index contributed by atoms with van der Waals surface area (Å²) in [4.78, 5) is -0.315. The maximum absolute atomic E-state index is 13.6. The van der Waals surface area contributed by atoms with Crippen molar-refractivity contribution in [3.63, 3.8) is 0 Å². The third-order valence-electron chi connectivity index (χ3n) is 3.21. The maximum atomic E-state index is 13.6. The lowest BCUT2D eigenvalue weighted by Crippen LogP contribution is -2.24. The zero-order valence-corrected chi connectivity index (χ0v) is 12.6. The molecule has 2 aromatic rings. The van der Waals surface area contributed by atoms with Crippen molar-refractivity contribution < 1.29 is 31.6 Å². The summed E-state index contributed by atoms with van der Waals surface area (Å²) in [7, 11) is -2.75. The van der Waals surface area contributed by atoms with Crippen LogP contribution in [0.4, 0.5) is 17.6 Å². The number of hydrogen-bond donors (Lipinski definition) is 1. The van der Waals surface area contributed by atoms with Crippen LogP contribution >= 0.6 is 11.6 Å². The van der Waals surface area contributed by atoms with Gasteiger partial charge in [-0.25, -0.2) is 13.0 Å². The quantitative estimate of drug-likeness (QED) is 0.812. The van der Waals surface area contributed by atoms with E-state index >= 15 is 0 Å². The van der Waals surface area contributed by atoms with Crippen molar-refractivity contribution in [1.82, 2.24) is 0 Å². The van der Waals surface area contributed by atoms with Gasteiger partial charge in [-0.15, -0.1) is 0 Å². The van der Waals surface area contributed by atoms with Crippen LogP contribution in [0, 0.1) is 11.6 Å². The van der Waals surface area contributed by atoms with Crippen molar-refractivity contribution in [3.05, 3.63) is 52.6 Å². The molecule has 3 rings (SSSR count). The Hall–Kier alpha value is -1.64. The average molecular weight is 367 g/mol. The number of hydrogen-bond acceptors (Lipinski definition) is 3. The monoisotopic (exact) mass is 366 g/mol. The highest BCUT2D eigenvalue weighted by atomic mass is 35.5. The number of benzene rings is 2. The van der Waals surface area contributed by atoms with Crippen molar-refractivity contribution in [1.29, 1.82) is 0 Å². The predicted octanol–water partition coefficient (Wildman–Crippen LogP) is 4.16. The number of aliphatic hydroxyl groups excluding tert-OH is 1. The van der Waals surface area contributed by atoms with E-state index in [0.29, 0.717) is 6.07 Å². The van der Waals surface area contributed by atoms with E-state index in [0.717, 1.165) is 24.3 Å². The van der Waals surface area contributed by atoms with Gasteiger partial charge in [0.25, 0.3) is 0 Å². The molecule has 0 saturated heterocycles. The average Bonchev–Trinajstić information content (AvgIpc) is 2.62. The van der Waals surface area contributed by atoms with E-state index < -0.39 is 44.4 Å². The highest BCUT2D eigenvalue weighted by molar-refractivity contribution is 7.86. The highest BCUT2D eigenvalue weighted by Crippen LogP contribution is 2.51. The van der Waals surface area contributed by atoms with Crippen LogP contribution in [0.5, 0.6) is 11.5 Å². The van der Waals surface area contributed by atoms with Crippen LogP contribution in [0.1, 0.15) is 11.7 Å². The second kappa shape index (κ2) is 5.47. The van der Waals surface area contributed by atoms with Gasteiger partial charge in [0.1, 0.15) is 33.9 Å². The van der Waals surface area contributed by atoms with Crippen molar-refractivity contribution in [2.24, 2.45) is 0 Å². The summed E-state index contributed by atoms with van der Waals surface area (Å²) >= 11 is 5.93. The topological polar surface area (TPSA) is 46.5 Å². The zero-order chi connectivity index (χ0) is 16.9. The maximum Gasteiger partial charge on any atom is 0.354 e. The minimum Gasteiger partial charge on any atom is -0.456 e. The number of halogens is 5. The minimum atomic E-state index is -3.88. The van der Waals surface area contributed by atoms with Crippen molar-refractivity contribution in [2.45, 2.75) is 16.3 Å². The number of aliphatic hydroxyl groups is 1. The van der Waals surface area contributed by atoms with Gasteiger partial charge in [-0.1, -0.05) is 11.6 Å². The van der Waals surface area contributed by atoms with E-state index in [9.17, 15) is 26.9 Å². The molecular formula is C14H7ClF4O3S. The molecule has 2 aromatic carbocycles. The molecule has 1 heterocycles. The Morgan fingerprint density at radius 2 is 1.78 bits per heavy atom. The lowest BCUT2D eigenvalue weighted by molar-refractivity contribution is -0.0344. The van der Waals surface area contributed by atoms with Crippen LogP contribution in [0.2, 0.25) is 5.02 Å². The van der Waals surface area contributed by atoms with Crippen molar-refractivity contribution >= 4 is 22.4 Å². The Kier molecular flexibility index (Phi) is 3.86. The van der Waals surface area contributed by atoms with Crippen molar-refractivity contribution in [2.75, 3.05) is 0 Å². The number of fused-ring (bicyclic) bond motifs is 1. The van der Waals surface area contributed by atoms with Crippen LogP contribution < -0.4 is 4.74 Å². The highest BCUT2D eigenvalue weighted by Gasteiger charge is 2.55. The standard InChI is InChI=1S/C14H7ClF4O3S/c15-12-9(22-8-4-6(16)3-7(17)5-8)1-2-10-11(12)13(20)14(18,19)23(10)21/h1-5,13,20H/t13-,23?/m1/s1. The largest absolute Gasteiger partial charge is 0.456 e. The molecule has 1 aliphatic rings. The van der Waals surface area contributed by atoms with Gasteiger partial charge < -0.3 is 9.84 Å². The zero-order valence-electron chi connectivity index (χ0n) is 11.0. The summed E-state index contributed by atoms with van der Waals surface area (Å²) in [6.07, 6.45) is -2.36. The van der Waals surface area contributed by atoms with Gasteiger partial charge in [-0.2, -0.15) is 8.78 Å². The molecule has 2 atom stereocenters. The summed E-state index contributed by atoms with van der Waals surface area (Å²) in [6.45, 7) is 0. The first-order valence-electron chi connectivity index (χ1n) is 6.16. The molecule has 1 aliphatic heterocycles. The lowest BCUT2D eigenvalue weighted by Gasteiger charge is -2.14. The third-order valence-corrected chi connectivity index (χ3v) is 5.07. The predicted molar refractivity (Wildman–Crippen MR) is 74.2 cm³/mol. The van der Waals surface area contributed by atoms with Crippen LogP contribution in [-0.2, 0) is 10.8 Å². The van der Waals surface area contributed by atoms with E-state index in [-0.39, 0.29) is 16.4 Å². The number of rotatable bonds is 2. The third kappa shape index (κ3) is 2.60. The van der Waals surface area contributed by atoms with Gasteiger partial charge >= 0.3 is 5.25 Å². The molecule has 0 radical (unpaired) electrons. The summed E-state index contributed by atoms with van der Waals surface area (Å²) < 4.78 is 70.3. The Morgan fingerprint density at radius 1 is 1.17 bits per heavy atom. The first-order valence-corrected chi connectivity index (χ1v) is 7.68. The van der Waals surface area contributed by atoms with Gasteiger partial charge in [-0.05, 0) is 12.1 Å². The summed E-state index contributed by atoms with van der Waals surface area (Å²) in [5, 5.41) is 5.36. The van der Waals surface area contributed by atoms with Crippen LogP contribution in [0.25, 0.3) is 0 Å². The number of alkyl halides is 2. The van der Waals surface area contributed by atoms with Crippen molar-refractivity contribution in [3.8, 4) is 11.5 Å². The van der Waals surface area contributed by atoms with Gasteiger partial charge in [0.05, 0.1) is 9.92 Å². The molecule has 0 bridgehead atoms. The molecular weight excluding hydrogens is 360 g/mol. The fraction of sp³-hybridized carbons (Fsp3) is 0.143. The van der Waals surface area contributed by atoms with E-state index in [1.807, 2.05) is 0 Å². The minimum absolute atomic E-state index is 0.204. The van der Waals surface area contributed by atoms with Gasteiger partial charge in [0.2, 0.25) is 0 Å². The molecule has 0 spiro atoms. The van der Waals surface area contributed by atoms with E-state index in [1.54, 1.807) is 0 Å². The Balaban J connectivity index is 2.04. The summed E-state index contributed by atoms with van der Waals surface area (Å²) in [5.74, 6) is -2.25. The smallest absolute Gasteiger partial charge is 0.354 e. The molecule has 0 saturated carbocycles. The second-order valence-electron chi connectivity index (χ2n) is 4.73. The molecule has 0 fully saturated rings. The van der Waals surface area contributed by atoms with Crippen LogP contribution in [0.15, 0.2) is 35.2 Å². The number of ether oxygens (including phenoxy) is 1. The van der Waals surface area contributed by atoms with Gasteiger partial charge in [-0.3, -0.25) is 0 Å². The van der Waals surface area contributed by atoms with Gasteiger partial charge in [0.15, 0.2) is 6.10 Å². The van der Waals surface area contributed by atoms with Crippen LogP contribution in [0.3, 0.4) is 0 Å². The lowest BCUT2D eigenvalue weighted by atomic mass is 10.1. The molecule has 0 aromatic heterocycles. The first kappa shape index (κ1) is 16.2. The van der Waals surface area contributed by atoms with Gasteiger partial charge in [0, 0.05) is 23.8 Å². The van der Waals surface area contributed by atoms with Crippen LogP contribution in [-0.4, -0.2) is 14.6 Å². The Morgan fingerprint density at radius 3 is 2.39 bits per heavy atom. The molecule has 9 heteroatoms. The molecule has 23 heavy (non-hydrogen) atoms. The van der Waals surface area contributed by atoms with E-state index in [4.69, 9.17) is 16.3 Å².